The molecule has 1 fully saturated rings. The molecule has 1 aliphatic heterocycles. The van der Waals surface area contributed by atoms with Crippen LogP contribution in [0.25, 0.3) is 0 Å². The average Bonchev–Trinajstić information content (AvgIpc) is 3.13. The number of nitrogens with two attached hydrogens (primary N) is 2. The molecule has 8 heteroatoms. The topological polar surface area (TPSA) is 85.2 Å². The highest BCUT2D eigenvalue weighted by atomic mass is 35.5. The van der Waals surface area contributed by atoms with Crippen LogP contribution >= 0.6 is 36.2 Å². The van der Waals surface area contributed by atoms with Gasteiger partial charge < -0.3 is 16.4 Å². The van der Waals surface area contributed by atoms with E-state index in [2.05, 4.69) is 41.6 Å². The van der Waals surface area contributed by atoms with Crippen molar-refractivity contribution in [3.63, 3.8) is 0 Å². The van der Waals surface area contributed by atoms with Crippen LogP contribution in [0.3, 0.4) is 0 Å². The first-order chi connectivity index (χ1) is 12.6. The molecule has 2 heterocycles. The Morgan fingerprint density at radius 3 is 2.43 bits per heavy atom. The van der Waals surface area contributed by atoms with Gasteiger partial charge in [0.05, 0.1) is 11.7 Å². The average molecular weight is 445 g/mol. The van der Waals surface area contributed by atoms with Crippen LogP contribution < -0.4 is 11.5 Å². The standard InChI is InChI=1S/C20H28N4OS.2ClH/c1-2-3-9-16(21)18(25)24-12-10-20(11-13-24,15-7-5-4-6-8-15)17-14-26-19(22)23-17;;/h4-8,14,16H,2-3,9-13,21H2,1H3,(H2,22,23);2*1H/t16-;;/m0../s1. The highest BCUT2D eigenvalue weighted by molar-refractivity contribution is 7.13. The first-order valence-electron chi connectivity index (χ1n) is 9.38. The van der Waals surface area contributed by atoms with Crippen LogP contribution in [0.1, 0.15) is 50.3 Å². The number of thiazole rings is 1. The lowest BCUT2D eigenvalue weighted by Gasteiger charge is -2.42. The molecule has 1 aromatic carbocycles. The van der Waals surface area contributed by atoms with Crippen molar-refractivity contribution in [3.05, 3.63) is 47.0 Å². The lowest BCUT2D eigenvalue weighted by Crippen LogP contribution is -2.50. The maximum absolute atomic E-state index is 12.7. The first-order valence-corrected chi connectivity index (χ1v) is 10.3. The van der Waals surface area contributed by atoms with Crippen molar-refractivity contribution in [2.75, 3.05) is 18.8 Å². The summed E-state index contributed by atoms with van der Waals surface area (Å²) in [4.78, 5) is 19.2. The zero-order valence-corrected chi connectivity index (χ0v) is 18.6. The highest BCUT2D eigenvalue weighted by Crippen LogP contribution is 2.42. The van der Waals surface area contributed by atoms with Crippen molar-refractivity contribution >= 4 is 47.2 Å². The summed E-state index contributed by atoms with van der Waals surface area (Å²) in [5, 5.41) is 2.66. The Morgan fingerprint density at radius 1 is 1.25 bits per heavy atom. The minimum absolute atomic E-state index is 0. The number of halogens is 2. The summed E-state index contributed by atoms with van der Waals surface area (Å²) in [5.74, 6) is 0.0814. The van der Waals surface area contributed by atoms with Crippen LogP contribution in [0, 0.1) is 0 Å². The zero-order chi connectivity index (χ0) is 18.6. The predicted molar refractivity (Wildman–Crippen MR) is 122 cm³/mol. The van der Waals surface area contributed by atoms with Crippen LogP contribution in [0.2, 0.25) is 0 Å². The zero-order valence-electron chi connectivity index (χ0n) is 16.2. The minimum Gasteiger partial charge on any atom is -0.375 e. The summed E-state index contributed by atoms with van der Waals surface area (Å²) in [6.45, 7) is 3.52. The Kier molecular flexibility index (Phi) is 9.70. The molecule has 3 rings (SSSR count). The monoisotopic (exact) mass is 444 g/mol. The third-order valence-corrected chi connectivity index (χ3v) is 6.13. The second kappa shape index (κ2) is 11.0. The van der Waals surface area contributed by atoms with Crippen molar-refractivity contribution in [1.82, 2.24) is 9.88 Å². The van der Waals surface area contributed by atoms with Gasteiger partial charge in [-0.25, -0.2) is 4.98 Å². The van der Waals surface area contributed by atoms with Gasteiger partial charge >= 0.3 is 0 Å². The number of benzene rings is 1. The molecule has 1 aliphatic rings. The minimum atomic E-state index is -0.380. The van der Waals surface area contributed by atoms with Gasteiger partial charge in [0, 0.05) is 23.9 Å². The number of hydrogen-bond donors (Lipinski definition) is 2. The first kappa shape index (κ1) is 24.7. The third kappa shape index (κ3) is 5.17. The fourth-order valence-electron chi connectivity index (χ4n) is 3.85. The molecule has 156 valence electrons. The second-order valence-corrected chi connectivity index (χ2v) is 7.98. The van der Waals surface area contributed by atoms with Crippen molar-refractivity contribution in [2.45, 2.75) is 50.5 Å². The maximum atomic E-state index is 12.7. The molecule has 1 saturated heterocycles. The van der Waals surface area contributed by atoms with E-state index in [-0.39, 0.29) is 42.2 Å². The summed E-state index contributed by atoms with van der Waals surface area (Å²) >= 11 is 1.48. The van der Waals surface area contributed by atoms with Gasteiger partial charge in [0.15, 0.2) is 5.13 Å². The third-order valence-electron chi connectivity index (χ3n) is 5.45. The van der Waals surface area contributed by atoms with E-state index in [0.717, 1.165) is 37.8 Å². The molecule has 4 N–H and O–H groups in total. The molecule has 5 nitrogen and oxygen atoms in total. The molecule has 2 aromatic rings. The van der Waals surface area contributed by atoms with Gasteiger partial charge in [-0.15, -0.1) is 36.2 Å². The number of aromatic nitrogens is 1. The number of piperidine rings is 1. The highest BCUT2D eigenvalue weighted by Gasteiger charge is 2.41. The Labute approximate surface area is 183 Å². The summed E-state index contributed by atoms with van der Waals surface area (Å²) < 4.78 is 0. The van der Waals surface area contributed by atoms with Crippen molar-refractivity contribution in [1.29, 1.82) is 0 Å². The predicted octanol–water partition coefficient (Wildman–Crippen LogP) is 3.99. The quantitative estimate of drug-likeness (QED) is 0.704. The van der Waals surface area contributed by atoms with Crippen molar-refractivity contribution < 1.29 is 4.79 Å². The van der Waals surface area contributed by atoms with Crippen LogP contribution in [-0.2, 0) is 10.2 Å². The van der Waals surface area contributed by atoms with Gasteiger partial charge in [0.2, 0.25) is 5.91 Å². The summed E-state index contributed by atoms with van der Waals surface area (Å²) in [6.07, 6.45) is 4.49. The molecular formula is C20H30Cl2N4OS. The molecule has 28 heavy (non-hydrogen) atoms. The molecule has 0 radical (unpaired) electrons. The van der Waals surface area contributed by atoms with Crippen molar-refractivity contribution in [3.8, 4) is 0 Å². The number of anilines is 1. The Balaban J connectivity index is 0.00000196. The Hall–Kier alpha value is -1.34. The Morgan fingerprint density at radius 2 is 1.89 bits per heavy atom. The van der Waals surface area contributed by atoms with Gasteiger partial charge in [0.1, 0.15) is 0 Å². The van der Waals surface area contributed by atoms with Crippen LogP contribution in [-0.4, -0.2) is 34.9 Å². The lowest BCUT2D eigenvalue weighted by atomic mass is 9.70. The second-order valence-electron chi connectivity index (χ2n) is 7.09. The van der Waals surface area contributed by atoms with E-state index in [0.29, 0.717) is 18.2 Å². The number of amides is 1. The molecule has 0 bridgehead atoms. The molecule has 0 aliphatic carbocycles. The van der Waals surface area contributed by atoms with E-state index < -0.39 is 0 Å². The fraction of sp³-hybridized carbons (Fsp3) is 0.500. The number of unbranched alkanes of at least 4 members (excludes halogenated alkanes) is 1. The van der Waals surface area contributed by atoms with E-state index >= 15 is 0 Å². The van der Waals surface area contributed by atoms with E-state index in [1.807, 2.05) is 11.0 Å². The molecule has 0 unspecified atom stereocenters. The number of rotatable bonds is 6. The number of nitrogen functional groups attached to an aromatic ring is 1. The lowest BCUT2D eigenvalue weighted by molar-refractivity contribution is -0.134. The van der Waals surface area contributed by atoms with E-state index in [1.54, 1.807) is 0 Å². The largest absolute Gasteiger partial charge is 0.375 e. The summed E-state index contributed by atoms with van der Waals surface area (Å²) in [5.41, 5.74) is 14.1. The van der Waals surface area contributed by atoms with Crippen molar-refractivity contribution in [2.24, 2.45) is 5.73 Å². The number of carbonyl (C=O) groups excluding carboxylic acids is 1. The van der Waals surface area contributed by atoms with E-state index in [9.17, 15) is 4.79 Å². The van der Waals surface area contributed by atoms with Gasteiger partial charge in [-0.3, -0.25) is 4.79 Å². The molecule has 1 aromatic heterocycles. The summed E-state index contributed by atoms with van der Waals surface area (Å²) in [6, 6.07) is 10.1. The smallest absolute Gasteiger partial charge is 0.239 e. The molecule has 0 spiro atoms. The van der Waals surface area contributed by atoms with Crippen LogP contribution in [0.4, 0.5) is 5.13 Å². The number of nitrogens with zero attached hydrogens (tertiary/aromatic N) is 2. The Bertz CT molecular complexity index is 733. The van der Waals surface area contributed by atoms with Crippen LogP contribution in [0.5, 0.6) is 0 Å². The number of hydrogen-bond acceptors (Lipinski definition) is 5. The normalized spacial score (nSPS) is 16.6. The number of carbonyl (C=O) groups is 1. The summed E-state index contributed by atoms with van der Waals surface area (Å²) in [7, 11) is 0. The molecular weight excluding hydrogens is 415 g/mol. The molecule has 1 atom stereocenters. The van der Waals surface area contributed by atoms with E-state index in [4.69, 9.17) is 11.5 Å². The fourth-order valence-corrected chi connectivity index (χ4v) is 4.51. The molecule has 1 amide bonds. The van der Waals surface area contributed by atoms with Gasteiger partial charge in [-0.1, -0.05) is 50.1 Å². The van der Waals surface area contributed by atoms with Crippen LogP contribution in [0.15, 0.2) is 35.7 Å². The molecule has 0 saturated carbocycles. The van der Waals surface area contributed by atoms with Gasteiger partial charge in [0.25, 0.3) is 0 Å². The van der Waals surface area contributed by atoms with Gasteiger partial charge in [-0.05, 0) is 24.8 Å². The number of likely N-dealkylation sites (tertiary alicyclic amines) is 1. The van der Waals surface area contributed by atoms with Gasteiger partial charge in [-0.2, -0.15) is 0 Å². The SMILES string of the molecule is CCCC[C@H](N)C(=O)N1CCC(c2ccccc2)(c2csc(N)n2)CC1.Cl.Cl. The maximum Gasteiger partial charge on any atom is 0.239 e. The van der Waals surface area contributed by atoms with E-state index in [1.165, 1.54) is 16.9 Å².